The number of benzene rings is 3. The molecule has 2 heterocycles. The fourth-order valence-electron chi connectivity index (χ4n) is 3.39. The molecule has 2 aromatic heterocycles. The zero-order chi connectivity index (χ0) is 21.1. The highest BCUT2D eigenvalue weighted by molar-refractivity contribution is 5.80. The van der Waals surface area contributed by atoms with Gasteiger partial charge in [-0.05, 0) is 29.3 Å². The minimum absolute atomic E-state index is 0.918. The summed E-state index contributed by atoms with van der Waals surface area (Å²) in [6.07, 6.45) is 4.59. The average Bonchev–Trinajstić information content (AvgIpc) is 2.87. The molecule has 3 aromatic carbocycles. The van der Waals surface area contributed by atoms with Crippen molar-refractivity contribution in [2.75, 3.05) is 0 Å². The van der Waals surface area contributed by atoms with Crippen molar-refractivity contribution in [2.24, 2.45) is 0 Å². The maximum atomic E-state index is 4.53. The van der Waals surface area contributed by atoms with E-state index in [9.17, 15) is 0 Å². The highest BCUT2D eigenvalue weighted by Crippen LogP contribution is 2.29. The van der Waals surface area contributed by atoms with E-state index >= 15 is 0 Å². The molecule has 0 aliphatic carbocycles. The molecule has 5 rings (SSSR count). The average molecular weight is 401 g/mol. The number of rotatable bonds is 4. The van der Waals surface area contributed by atoms with Crippen LogP contribution in [-0.4, -0.2) is 9.97 Å². The van der Waals surface area contributed by atoms with Gasteiger partial charge in [-0.15, -0.1) is 0 Å². The molecule has 0 aliphatic rings. The smallest absolute Gasteiger partial charge is 0.0780 e. The van der Waals surface area contributed by atoms with Gasteiger partial charge in [-0.1, -0.05) is 103 Å². The fourth-order valence-corrected chi connectivity index (χ4v) is 3.39. The van der Waals surface area contributed by atoms with E-state index in [0.29, 0.717) is 0 Å². The molecule has 0 spiro atoms. The third-order valence-electron chi connectivity index (χ3n) is 4.89. The van der Waals surface area contributed by atoms with Gasteiger partial charge >= 0.3 is 0 Å². The molecule has 31 heavy (non-hydrogen) atoms. The van der Waals surface area contributed by atoms with Gasteiger partial charge in [0.25, 0.3) is 0 Å². The fraction of sp³-hybridized carbons (Fsp3) is 0.0345. The molecule has 0 atom stereocenters. The third-order valence-corrected chi connectivity index (χ3v) is 4.89. The van der Waals surface area contributed by atoms with E-state index in [0.717, 1.165) is 23.4 Å². The van der Waals surface area contributed by atoms with Crippen molar-refractivity contribution in [3.05, 3.63) is 145 Å². The van der Waals surface area contributed by atoms with Gasteiger partial charge < -0.3 is 0 Å². The SMILES string of the molecule is c1ccc(-c2cccnc2-c2ccccc2)cc1.c1ccc(Cc2ccccn2)cc1. The van der Waals surface area contributed by atoms with Crippen molar-refractivity contribution in [1.82, 2.24) is 9.97 Å². The predicted molar refractivity (Wildman–Crippen MR) is 129 cm³/mol. The van der Waals surface area contributed by atoms with Crippen LogP contribution >= 0.6 is 0 Å². The van der Waals surface area contributed by atoms with Crippen LogP contribution in [0.3, 0.4) is 0 Å². The second-order valence-corrected chi connectivity index (χ2v) is 7.12. The summed E-state index contributed by atoms with van der Waals surface area (Å²) in [4.78, 5) is 8.80. The maximum Gasteiger partial charge on any atom is 0.0780 e. The second-order valence-electron chi connectivity index (χ2n) is 7.12. The second kappa shape index (κ2) is 10.7. The first kappa shape index (κ1) is 20.2. The molecule has 0 saturated carbocycles. The molecule has 0 unspecified atom stereocenters. The van der Waals surface area contributed by atoms with Gasteiger partial charge in [0.1, 0.15) is 0 Å². The standard InChI is InChI=1S/C17H13N.C12H11N/c1-3-8-14(9-4-1)16-12-7-13-18-17(16)15-10-5-2-6-11-15;1-2-6-11(7-3-1)10-12-8-4-5-9-13-12/h1-13H;1-9H,10H2. The Labute approximate surface area is 183 Å². The molecule has 0 amide bonds. The number of pyridine rings is 2. The van der Waals surface area contributed by atoms with Crippen molar-refractivity contribution in [1.29, 1.82) is 0 Å². The summed E-state index contributed by atoms with van der Waals surface area (Å²) in [5, 5.41) is 0. The van der Waals surface area contributed by atoms with E-state index < -0.39 is 0 Å². The van der Waals surface area contributed by atoms with Crippen molar-refractivity contribution in [3.63, 3.8) is 0 Å². The van der Waals surface area contributed by atoms with Crippen LogP contribution in [0.1, 0.15) is 11.3 Å². The minimum atomic E-state index is 0.918. The molecule has 0 saturated heterocycles. The molecular weight excluding hydrogens is 376 g/mol. The van der Waals surface area contributed by atoms with E-state index in [1.54, 1.807) is 0 Å². The molecule has 0 radical (unpaired) electrons. The Bertz CT molecular complexity index is 1080. The molecule has 0 bridgehead atoms. The molecule has 0 fully saturated rings. The molecule has 0 N–H and O–H groups in total. The maximum absolute atomic E-state index is 4.53. The highest BCUT2D eigenvalue weighted by Gasteiger charge is 2.07. The molecule has 2 heteroatoms. The zero-order valence-electron chi connectivity index (χ0n) is 17.3. The molecule has 0 aliphatic heterocycles. The minimum Gasteiger partial charge on any atom is -0.261 e. The normalized spacial score (nSPS) is 10.1. The van der Waals surface area contributed by atoms with Gasteiger partial charge in [-0.25, -0.2) is 0 Å². The van der Waals surface area contributed by atoms with Gasteiger partial charge in [0.2, 0.25) is 0 Å². The van der Waals surface area contributed by atoms with Gasteiger partial charge in [0.05, 0.1) is 5.69 Å². The highest BCUT2D eigenvalue weighted by atomic mass is 14.7. The molecular formula is C29H24N2. The topological polar surface area (TPSA) is 25.8 Å². The third kappa shape index (κ3) is 5.74. The zero-order valence-corrected chi connectivity index (χ0v) is 17.3. The Hall–Kier alpha value is -4.04. The summed E-state index contributed by atoms with van der Waals surface area (Å²) in [5.74, 6) is 0. The monoisotopic (exact) mass is 400 g/mol. The van der Waals surface area contributed by atoms with E-state index in [1.165, 1.54) is 16.7 Å². The lowest BCUT2D eigenvalue weighted by atomic mass is 10.00. The summed E-state index contributed by atoms with van der Waals surface area (Å²) in [5.41, 5.74) is 6.98. The van der Waals surface area contributed by atoms with E-state index in [2.05, 4.69) is 76.7 Å². The number of nitrogens with zero attached hydrogens (tertiary/aromatic N) is 2. The van der Waals surface area contributed by atoms with E-state index in [1.807, 2.05) is 67.0 Å². The number of hydrogen-bond donors (Lipinski definition) is 0. The Morgan fingerprint density at radius 1 is 0.452 bits per heavy atom. The summed E-state index contributed by atoms with van der Waals surface area (Å²) >= 11 is 0. The van der Waals surface area contributed by atoms with Crippen molar-refractivity contribution >= 4 is 0 Å². The molecule has 5 aromatic rings. The first-order valence-electron chi connectivity index (χ1n) is 10.4. The van der Waals surface area contributed by atoms with Crippen LogP contribution in [0.15, 0.2) is 134 Å². The van der Waals surface area contributed by atoms with Crippen molar-refractivity contribution < 1.29 is 0 Å². The Balaban J connectivity index is 0.000000158. The Morgan fingerprint density at radius 3 is 1.68 bits per heavy atom. The van der Waals surface area contributed by atoms with Crippen LogP contribution in [0.4, 0.5) is 0 Å². The molecule has 2 nitrogen and oxygen atoms in total. The van der Waals surface area contributed by atoms with Crippen molar-refractivity contribution in [3.8, 4) is 22.4 Å². The predicted octanol–water partition coefficient (Wildman–Crippen LogP) is 7.09. The first-order chi connectivity index (χ1) is 15.4. The Kier molecular flexibility index (Phi) is 6.96. The van der Waals surface area contributed by atoms with Crippen LogP contribution in [0.5, 0.6) is 0 Å². The summed E-state index contributed by atoms with van der Waals surface area (Å²) < 4.78 is 0. The van der Waals surface area contributed by atoms with Crippen LogP contribution < -0.4 is 0 Å². The van der Waals surface area contributed by atoms with Crippen LogP contribution in [0.25, 0.3) is 22.4 Å². The summed E-state index contributed by atoms with van der Waals surface area (Å²) in [7, 11) is 0. The quantitative estimate of drug-likeness (QED) is 0.322. The Morgan fingerprint density at radius 2 is 1.03 bits per heavy atom. The van der Waals surface area contributed by atoms with Crippen LogP contribution in [0, 0.1) is 0 Å². The first-order valence-corrected chi connectivity index (χ1v) is 10.4. The van der Waals surface area contributed by atoms with E-state index in [4.69, 9.17) is 0 Å². The lowest BCUT2D eigenvalue weighted by Crippen LogP contribution is -1.89. The van der Waals surface area contributed by atoms with Crippen molar-refractivity contribution in [2.45, 2.75) is 6.42 Å². The van der Waals surface area contributed by atoms with Gasteiger partial charge in [-0.3, -0.25) is 9.97 Å². The number of hydrogen-bond acceptors (Lipinski definition) is 2. The largest absolute Gasteiger partial charge is 0.261 e. The number of aromatic nitrogens is 2. The van der Waals surface area contributed by atoms with Crippen LogP contribution in [0.2, 0.25) is 0 Å². The summed E-state index contributed by atoms with van der Waals surface area (Å²) in [6, 6.07) is 41.1. The van der Waals surface area contributed by atoms with Gasteiger partial charge in [0.15, 0.2) is 0 Å². The van der Waals surface area contributed by atoms with E-state index in [-0.39, 0.29) is 0 Å². The lowest BCUT2D eigenvalue weighted by molar-refractivity contribution is 1.07. The van der Waals surface area contributed by atoms with Gasteiger partial charge in [0, 0.05) is 35.6 Å². The van der Waals surface area contributed by atoms with Gasteiger partial charge in [-0.2, -0.15) is 0 Å². The van der Waals surface area contributed by atoms with Crippen LogP contribution in [-0.2, 0) is 6.42 Å². The summed E-state index contributed by atoms with van der Waals surface area (Å²) in [6.45, 7) is 0. The molecule has 150 valence electrons. The lowest BCUT2D eigenvalue weighted by Gasteiger charge is -2.08.